The van der Waals surface area contributed by atoms with Crippen LogP contribution in [0.5, 0.6) is 0 Å². The lowest BCUT2D eigenvalue weighted by Crippen LogP contribution is -2.57. The summed E-state index contributed by atoms with van der Waals surface area (Å²) in [5, 5.41) is 21.9. The lowest BCUT2D eigenvalue weighted by Gasteiger charge is -2.56. The first-order valence-electron chi connectivity index (χ1n) is 13.9. The molecule has 0 aromatic heterocycles. The van der Waals surface area contributed by atoms with E-state index in [0.29, 0.717) is 5.92 Å². The summed E-state index contributed by atoms with van der Waals surface area (Å²) in [5.74, 6) is 4.80. The van der Waals surface area contributed by atoms with Gasteiger partial charge < -0.3 is 14.9 Å². The molecule has 1 spiro atoms. The van der Waals surface area contributed by atoms with Crippen molar-refractivity contribution in [1.29, 1.82) is 0 Å². The summed E-state index contributed by atoms with van der Waals surface area (Å²) in [6.45, 7) is 12.4. The molecule has 5 fully saturated rings. The maximum absolute atomic E-state index is 11.5. The summed E-state index contributed by atoms with van der Waals surface area (Å²) in [4.78, 5) is 0. The molecule has 2 N–H and O–H groups in total. The maximum atomic E-state index is 11.5. The molecule has 4 saturated carbocycles. The van der Waals surface area contributed by atoms with Crippen molar-refractivity contribution in [3.8, 4) is 0 Å². The molecule has 0 amide bonds. The van der Waals surface area contributed by atoms with Crippen molar-refractivity contribution < 1.29 is 14.9 Å². The molecule has 1 unspecified atom stereocenters. The third kappa shape index (κ3) is 2.83. The average molecular weight is 443 g/mol. The van der Waals surface area contributed by atoms with Gasteiger partial charge in [0, 0.05) is 11.8 Å². The number of epoxide rings is 1. The largest absolute Gasteiger partial charge is 0.393 e. The number of aliphatic hydroxyl groups excluding tert-OH is 2. The lowest BCUT2D eigenvalue weighted by atomic mass is 9.48. The number of hydrogen-bond acceptors (Lipinski definition) is 3. The second-order valence-corrected chi connectivity index (χ2v) is 13.7. The zero-order chi connectivity index (χ0) is 22.6. The number of fused-ring (bicyclic) bond motifs is 3. The van der Waals surface area contributed by atoms with Crippen LogP contribution in [-0.2, 0) is 4.74 Å². The van der Waals surface area contributed by atoms with E-state index in [0.717, 1.165) is 48.9 Å². The van der Waals surface area contributed by atoms with Crippen molar-refractivity contribution in [2.45, 2.75) is 123 Å². The topological polar surface area (TPSA) is 53.0 Å². The number of rotatable bonds is 5. The molecule has 3 heteroatoms. The van der Waals surface area contributed by atoms with E-state index >= 15 is 0 Å². The molecule has 1 saturated heterocycles. The number of hydrogen-bond donors (Lipinski definition) is 2. The molecular weight excluding hydrogens is 396 g/mol. The van der Waals surface area contributed by atoms with Crippen molar-refractivity contribution in [1.82, 2.24) is 0 Å². The average Bonchev–Trinajstić information content (AvgIpc) is 3.63. The van der Waals surface area contributed by atoms with Crippen LogP contribution in [0.4, 0.5) is 0 Å². The van der Waals surface area contributed by atoms with E-state index in [1.165, 1.54) is 50.5 Å². The fourth-order valence-corrected chi connectivity index (χ4v) is 9.92. The minimum absolute atomic E-state index is 0.0820. The van der Waals surface area contributed by atoms with Crippen molar-refractivity contribution in [2.24, 2.45) is 46.3 Å². The van der Waals surface area contributed by atoms with Gasteiger partial charge in [-0.25, -0.2) is 0 Å². The molecule has 0 bridgehead atoms. The highest BCUT2D eigenvalue weighted by Crippen LogP contribution is 2.72. The van der Waals surface area contributed by atoms with Crippen molar-refractivity contribution >= 4 is 0 Å². The van der Waals surface area contributed by atoms with Crippen LogP contribution in [-0.4, -0.2) is 34.1 Å². The van der Waals surface area contributed by atoms with Gasteiger partial charge in [-0.3, -0.25) is 0 Å². The molecule has 6 rings (SSSR count). The predicted octanol–water partition coefficient (Wildman–Crippen LogP) is 5.88. The van der Waals surface area contributed by atoms with Crippen molar-refractivity contribution in [2.75, 3.05) is 0 Å². The molecule has 12 atom stereocenters. The van der Waals surface area contributed by atoms with E-state index in [1.807, 2.05) is 0 Å². The third-order valence-electron chi connectivity index (χ3n) is 12.2. The normalized spacial score (nSPS) is 55.4. The van der Waals surface area contributed by atoms with Gasteiger partial charge in [-0.15, -0.1) is 0 Å². The van der Waals surface area contributed by atoms with Gasteiger partial charge in [-0.1, -0.05) is 53.0 Å². The molecule has 180 valence electrons. The third-order valence-corrected chi connectivity index (χ3v) is 12.2. The van der Waals surface area contributed by atoms with Crippen LogP contribution >= 0.6 is 0 Å². The van der Waals surface area contributed by atoms with Crippen molar-refractivity contribution in [3.63, 3.8) is 0 Å². The summed E-state index contributed by atoms with van der Waals surface area (Å²) in [6, 6.07) is 0. The maximum Gasteiger partial charge on any atom is 0.118 e. The molecule has 0 radical (unpaired) electrons. The molecule has 1 aliphatic heterocycles. The van der Waals surface area contributed by atoms with Gasteiger partial charge in [0.05, 0.1) is 6.10 Å². The Balaban J connectivity index is 1.25. The molecule has 0 aromatic rings. The first-order valence-corrected chi connectivity index (χ1v) is 13.9. The Morgan fingerprint density at radius 1 is 1.03 bits per heavy atom. The van der Waals surface area contributed by atoms with Crippen molar-refractivity contribution in [3.05, 3.63) is 11.1 Å². The molecule has 3 nitrogen and oxygen atoms in total. The first kappa shape index (κ1) is 22.1. The summed E-state index contributed by atoms with van der Waals surface area (Å²) in [7, 11) is 0. The second kappa shape index (κ2) is 7.08. The highest BCUT2D eigenvalue weighted by Gasteiger charge is 2.77. The Morgan fingerprint density at radius 3 is 2.47 bits per heavy atom. The fraction of sp³-hybridized carbons (Fsp3) is 0.931. The van der Waals surface area contributed by atoms with Gasteiger partial charge in [-0.2, -0.15) is 0 Å². The van der Waals surface area contributed by atoms with Gasteiger partial charge >= 0.3 is 0 Å². The number of allylic oxidation sites excluding steroid dienone is 1. The minimum Gasteiger partial charge on any atom is -0.393 e. The highest BCUT2D eigenvalue weighted by atomic mass is 16.6. The Bertz CT molecular complexity index is 819. The Kier molecular flexibility index (Phi) is 4.89. The Labute approximate surface area is 195 Å². The second-order valence-electron chi connectivity index (χ2n) is 13.7. The zero-order valence-electron chi connectivity index (χ0n) is 21.1. The monoisotopic (exact) mass is 442 g/mol. The number of aliphatic hydroxyl groups is 2. The van der Waals surface area contributed by atoms with Crippen LogP contribution in [0, 0.1) is 46.3 Å². The SMILES string of the molecule is C[C@H](CC[C@@H](C)[C@H]1CCC2=C3C(CC[C@@]21C)[C@@]1(C)CC[C@H](O)C[C@@]12O[C@H]2[C@H]3O)[C@@H]1C[C@H]1C. The van der Waals surface area contributed by atoms with Crippen LogP contribution in [0.15, 0.2) is 11.1 Å². The van der Waals surface area contributed by atoms with Gasteiger partial charge in [0.15, 0.2) is 0 Å². The summed E-state index contributed by atoms with van der Waals surface area (Å²) < 4.78 is 6.36. The van der Waals surface area contributed by atoms with Crippen LogP contribution in [0.3, 0.4) is 0 Å². The predicted molar refractivity (Wildman–Crippen MR) is 127 cm³/mol. The van der Waals surface area contributed by atoms with Crippen LogP contribution in [0.25, 0.3) is 0 Å². The quantitative estimate of drug-likeness (QED) is 0.413. The number of ether oxygens (including phenoxy) is 1. The summed E-state index contributed by atoms with van der Waals surface area (Å²) in [6.07, 6.45) is 11.0. The minimum atomic E-state index is -0.446. The fourth-order valence-electron chi connectivity index (χ4n) is 9.92. The van der Waals surface area contributed by atoms with E-state index in [9.17, 15) is 10.2 Å². The molecule has 0 aromatic carbocycles. The van der Waals surface area contributed by atoms with E-state index in [2.05, 4.69) is 34.6 Å². The molecule has 1 heterocycles. The summed E-state index contributed by atoms with van der Waals surface area (Å²) in [5.41, 5.74) is 3.10. The zero-order valence-corrected chi connectivity index (χ0v) is 21.1. The smallest absolute Gasteiger partial charge is 0.118 e. The van der Waals surface area contributed by atoms with E-state index in [4.69, 9.17) is 4.74 Å². The van der Waals surface area contributed by atoms with E-state index in [1.54, 1.807) is 5.57 Å². The van der Waals surface area contributed by atoms with Crippen LogP contribution in [0.2, 0.25) is 0 Å². The Morgan fingerprint density at radius 2 is 1.75 bits per heavy atom. The summed E-state index contributed by atoms with van der Waals surface area (Å²) >= 11 is 0. The lowest BCUT2D eigenvalue weighted by molar-refractivity contribution is -0.0516. The van der Waals surface area contributed by atoms with E-state index in [-0.39, 0.29) is 28.6 Å². The molecular formula is C29H46O3. The molecule has 6 aliphatic rings. The van der Waals surface area contributed by atoms with E-state index < -0.39 is 6.10 Å². The molecule has 5 aliphatic carbocycles. The van der Waals surface area contributed by atoms with Gasteiger partial charge in [0.2, 0.25) is 0 Å². The Hall–Kier alpha value is -0.380. The van der Waals surface area contributed by atoms with Gasteiger partial charge in [0.1, 0.15) is 17.8 Å². The standard InChI is InChI=1S/C29H46O3/c1-16(20-14-18(20)3)6-7-17(2)21-8-9-22-24-23(11-12-27(21,22)4)28(5)13-10-19(30)15-29(28)26(32-29)25(24)31/h16-21,23,25-26,30-31H,6-15H2,1-5H3/t16-,17-,18-,19+,20+,21-,23?,25+,26+,27-,28-,29+/m1/s1. The highest BCUT2D eigenvalue weighted by molar-refractivity contribution is 5.43. The first-order chi connectivity index (χ1) is 15.1. The molecule has 32 heavy (non-hydrogen) atoms. The van der Waals surface area contributed by atoms with Gasteiger partial charge in [-0.05, 0) is 91.4 Å². The van der Waals surface area contributed by atoms with Gasteiger partial charge in [0.25, 0.3) is 0 Å². The van der Waals surface area contributed by atoms with Crippen LogP contribution < -0.4 is 0 Å². The van der Waals surface area contributed by atoms with Crippen LogP contribution in [0.1, 0.15) is 98.8 Å².